The monoisotopic (exact) mass is 467 g/mol. The summed E-state index contributed by atoms with van der Waals surface area (Å²) in [5.41, 5.74) is 0.623. The maximum atomic E-state index is 12.2. The minimum absolute atomic E-state index is 0.144. The first-order valence-electron chi connectivity index (χ1n) is 7.45. The first-order valence-corrected chi connectivity index (χ1v) is 9.87. The third kappa shape index (κ3) is 6.29. The smallest absolute Gasteiger partial charge is 0.263 e. The Hall–Kier alpha value is -1.45. The summed E-state index contributed by atoms with van der Waals surface area (Å²) >= 11 is 24.4. The summed E-state index contributed by atoms with van der Waals surface area (Å²) in [7, 11) is 3.07. The number of carbonyl (C=O) groups excluding carboxylic acids is 1. The van der Waals surface area contributed by atoms with Crippen LogP contribution in [-0.4, -0.2) is 35.2 Å². The van der Waals surface area contributed by atoms with Crippen LogP contribution < -0.4 is 25.4 Å². The van der Waals surface area contributed by atoms with Gasteiger partial charge in [-0.1, -0.05) is 40.9 Å². The standard InChI is InChI=1S/C16H16Cl3N3O3S2/c1-24-10-6-5-9(8-11(10)25-2)20-15(26)22-14(16(17,18)19)21-13(23)12-4-3-7-27-12/h3-8,14H,1-2H3,(H,21,23)(H2,20,22,26). The number of thiocarbonyl (C=S) groups is 1. The van der Waals surface area contributed by atoms with Crippen LogP contribution in [0.2, 0.25) is 0 Å². The van der Waals surface area contributed by atoms with E-state index in [0.29, 0.717) is 22.1 Å². The minimum atomic E-state index is -1.84. The lowest BCUT2D eigenvalue weighted by Gasteiger charge is -2.27. The van der Waals surface area contributed by atoms with E-state index in [2.05, 4.69) is 16.0 Å². The molecule has 0 spiro atoms. The Morgan fingerprint density at radius 2 is 1.85 bits per heavy atom. The molecule has 0 saturated heterocycles. The number of nitrogens with one attached hydrogen (secondary N) is 3. The van der Waals surface area contributed by atoms with E-state index in [1.165, 1.54) is 18.4 Å². The van der Waals surface area contributed by atoms with E-state index in [1.807, 2.05) is 0 Å². The minimum Gasteiger partial charge on any atom is -0.493 e. The van der Waals surface area contributed by atoms with E-state index >= 15 is 0 Å². The van der Waals surface area contributed by atoms with Crippen LogP contribution in [0.5, 0.6) is 11.5 Å². The van der Waals surface area contributed by atoms with Gasteiger partial charge in [0.25, 0.3) is 5.91 Å². The van der Waals surface area contributed by atoms with Gasteiger partial charge in [0, 0.05) is 11.8 Å². The van der Waals surface area contributed by atoms with Crippen molar-refractivity contribution in [2.24, 2.45) is 0 Å². The van der Waals surface area contributed by atoms with Gasteiger partial charge in [0.05, 0.1) is 19.1 Å². The van der Waals surface area contributed by atoms with Crippen molar-refractivity contribution in [1.29, 1.82) is 0 Å². The van der Waals surface area contributed by atoms with Crippen molar-refractivity contribution in [2.75, 3.05) is 19.5 Å². The molecule has 11 heteroatoms. The highest BCUT2D eigenvalue weighted by molar-refractivity contribution is 7.80. The Bertz CT molecular complexity index is 798. The molecule has 0 bridgehead atoms. The van der Waals surface area contributed by atoms with Gasteiger partial charge < -0.3 is 25.4 Å². The maximum Gasteiger partial charge on any atom is 0.263 e. The number of rotatable bonds is 6. The fraction of sp³-hybridized carbons (Fsp3) is 0.250. The van der Waals surface area contributed by atoms with Crippen LogP contribution in [0.1, 0.15) is 9.67 Å². The second-order valence-electron chi connectivity index (χ2n) is 5.09. The molecule has 0 aliphatic carbocycles. The molecule has 1 atom stereocenters. The second kappa shape index (κ2) is 9.66. The highest BCUT2D eigenvalue weighted by Gasteiger charge is 2.35. The summed E-state index contributed by atoms with van der Waals surface area (Å²) < 4.78 is 8.59. The third-order valence-corrected chi connectivity index (χ3v) is 5.01. The lowest BCUT2D eigenvalue weighted by molar-refractivity contribution is 0.0938. The predicted molar refractivity (Wildman–Crippen MR) is 115 cm³/mol. The fourth-order valence-corrected chi connectivity index (χ4v) is 3.21. The van der Waals surface area contributed by atoms with Gasteiger partial charge in [0.15, 0.2) is 16.6 Å². The van der Waals surface area contributed by atoms with Gasteiger partial charge in [-0.05, 0) is 35.8 Å². The Kier molecular flexibility index (Phi) is 7.81. The molecular weight excluding hydrogens is 453 g/mol. The molecule has 2 aromatic rings. The molecular formula is C16H16Cl3N3O3S2. The van der Waals surface area contributed by atoms with Gasteiger partial charge in [0.2, 0.25) is 3.79 Å². The summed E-state index contributed by atoms with van der Waals surface area (Å²) in [6.45, 7) is 0. The van der Waals surface area contributed by atoms with Crippen molar-refractivity contribution in [3.05, 3.63) is 40.6 Å². The molecule has 1 amide bonds. The molecule has 146 valence electrons. The summed E-state index contributed by atoms with van der Waals surface area (Å²) in [6.07, 6.45) is -1.06. The summed E-state index contributed by atoms with van der Waals surface area (Å²) in [4.78, 5) is 12.7. The number of thiophene rings is 1. The molecule has 6 nitrogen and oxygen atoms in total. The maximum absolute atomic E-state index is 12.2. The van der Waals surface area contributed by atoms with Crippen LogP contribution in [0, 0.1) is 0 Å². The second-order valence-corrected chi connectivity index (χ2v) is 8.82. The quantitative estimate of drug-likeness (QED) is 0.336. The van der Waals surface area contributed by atoms with Crippen LogP contribution in [-0.2, 0) is 0 Å². The Labute approximate surface area is 181 Å². The molecule has 0 radical (unpaired) electrons. The van der Waals surface area contributed by atoms with E-state index in [4.69, 9.17) is 56.5 Å². The Morgan fingerprint density at radius 1 is 1.15 bits per heavy atom. The number of halogens is 3. The van der Waals surface area contributed by atoms with Crippen molar-refractivity contribution >= 4 is 75.1 Å². The predicted octanol–water partition coefficient (Wildman–Crippen LogP) is 4.18. The normalized spacial score (nSPS) is 12.0. The van der Waals surface area contributed by atoms with E-state index in [0.717, 1.165) is 0 Å². The van der Waals surface area contributed by atoms with Gasteiger partial charge >= 0.3 is 0 Å². The molecule has 0 aliphatic rings. The zero-order valence-electron chi connectivity index (χ0n) is 14.2. The number of alkyl halides is 3. The number of hydrogen-bond donors (Lipinski definition) is 3. The van der Waals surface area contributed by atoms with Crippen molar-refractivity contribution in [3.8, 4) is 11.5 Å². The number of ether oxygens (including phenoxy) is 2. The van der Waals surface area contributed by atoms with Crippen LogP contribution >= 0.6 is 58.4 Å². The molecule has 0 aliphatic heterocycles. The fourth-order valence-electron chi connectivity index (χ4n) is 2.02. The number of benzene rings is 1. The molecule has 0 fully saturated rings. The van der Waals surface area contributed by atoms with Crippen LogP contribution in [0.25, 0.3) is 0 Å². The van der Waals surface area contributed by atoms with Gasteiger partial charge in [0.1, 0.15) is 6.17 Å². The van der Waals surface area contributed by atoms with Crippen LogP contribution in [0.3, 0.4) is 0 Å². The average molecular weight is 469 g/mol. The zero-order chi connectivity index (χ0) is 20.0. The van der Waals surface area contributed by atoms with Gasteiger partial charge in [-0.25, -0.2) is 0 Å². The zero-order valence-corrected chi connectivity index (χ0v) is 18.1. The van der Waals surface area contributed by atoms with Gasteiger partial charge in [-0.2, -0.15) is 0 Å². The van der Waals surface area contributed by atoms with Crippen molar-refractivity contribution in [1.82, 2.24) is 10.6 Å². The topological polar surface area (TPSA) is 71.6 Å². The lowest BCUT2D eigenvalue weighted by atomic mass is 10.3. The summed E-state index contributed by atoms with van der Waals surface area (Å²) in [5.74, 6) is 0.710. The molecule has 1 unspecified atom stereocenters. The van der Waals surface area contributed by atoms with Crippen molar-refractivity contribution in [2.45, 2.75) is 9.96 Å². The highest BCUT2D eigenvalue weighted by atomic mass is 35.6. The van der Waals surface area contributed by atoms with E-state index in [1.54, 1.807) is 42.8 Å². The van der Waals surface area contributed by atoms with Crippen LogP contribution in [0.15, 0.2) is 35.7 Å². The Morgan fingerprint density at radius 3 is 2.41 bits per heavy atom. The third-order valence-electron chi connectivity index (χ3n) is 3.26. The first kappa shape index (κ1) is 21.8. The summed E-state index contributed by atoms with van der Waals surface area (Å²) in [6, 6.07) is 8.57. The number of carbonyl (C=O) groups is 1. The Balaban J connectivity index is 2.06. The molecule has 1 aromatic heterocycles. The number of anilines is 1. The lowest BCUT2D eigenvalue weighted by Crippen LogP contribution is -2.56. The molecule has 1 aromatic carbocycles. The van der Waals surface area contributed by atoms with E-state index in [9.17, 15) is 4.79 Å². The molecule has 1 heterocycles. The molecule has 27 heavy (non-hydrogen) atoms. The molecule has 2 rings (SSSR count). The van der Waals surface area contributed by atoms with Crippen molar-refractivity contribution in [3.63, 3.8) is 0 Å². The molecule has 0 saturated carbocycles. The van der Waals surface area contributed by atoms with Crippen LogP contribution in [0.4, 0.5) is 5.69 Å². The first-order chi connectivity index (χ1) is 12.7. The highest BCUT2D eigenvalue weighted by Crippen LogP contribution is 2.31. The number of methoxy groups -OCH3 is 2. The number of hydrogen-bond acceptors (Lipinski definition) is 5. The van der Waals surface area contributed by atoms with Gasteiger partial charge in [-0.15, -0.1) is 11.3 Å². The van der Waals surface area contributed by atoms with Crippen molar-refractivity contribution < 1.29 is 14.3 Å². The van der Waals surface area contributed by atoms with E-state index < -0.39 is 9.96 Å². The molecule has 3 N–H and O–H groups in total. The summed E-state index contributed by atoms with van der Waals surface area (Å²) in [5, 5.41) is 10.3. The number of amides is 1. The van der Waals surface area contributed by atoms with E-state index in [-0.39, 0.29) is 11.0 Å². The average Bonchev–Trinajstić information content (AvgIpc) is 3.15. The SMILES string of the molecule is COc1ccc(NC(=S)NC(NC(=O)c2cccs2)C(Cl)(Cl)Cl)cc1OC. The largest absolute Gasteiger partial charge is 0.493 e. The van der Waals surface area contributed by atoms with Gasteiger partial charge in [-0.3, -0.25) is 4.79 Å².